The van der Waals surface area contributed by atoms with E-state index in [9.17, 15) is 13.6 Å². The van der Waals surface area contributed by atoms with Gasteiger partial charge >= 0.3 is 0 Å². The van der Waals surface area contributed by atoms with Crippen LogP contribution in [0, 0.1) is 18.6 Å². The summed E-state index contributed by atoms with van der Waals surface area (Å²) in [5.74, 6) is -2.28. The number of para-hydroxylation sites is 1. The molecule has 0 atom stereocenters. The van der Waals surface area contributed by atoms with Crippen molar-refractivity contribution in [2.24, 2.45) is 0 Å². The van der Waals surface area contributed by atoms with E-state index in [4.69, 9.17) is 0 Å². The van der Waals surface area contributed by atoms with Gasteiger partial charge in [0.25, 0.3) is 5.91 Å². The molecule has 0 fully saturated rings. The van der Waals surface area contributed by atoms with Crippen molar-refractivity contribution in [3.05, 3.63) is 47.3 Å². The topological polar surface area (TPSA) is 57.8 Å². The molecule has 0 radical (unpaired) electrons. The van der Waals surface area contributed by atoms with Gasteiger partial charge in [-0.2, -0.15) is 5.10 Å². The molecule has 0 bridgehead atoms. The van der Waals surface area contributed by atoms with Crippen LogP contribution in [-0.2, 0) is 0 Å². The lowest BCUT2D eigenvalue weighted by molar-refractivity contribution is 0.102. The van der Waals surface area contributed by atoms with E-state index in [1.807, 2.05) is 0 Å². The van der Waals surface area contributed by atoms with E-state index in [-0.39, 0.29) is 5.69 Å². The highest BCUT2D eigenvalue weighted by Gasteiger charge is 2.15. The van der Waals surface area contributed by atoms with E-state index in [1.54, 1.807) is 6.92 Å². The van der Waals surface area contributed by atoms with Crippen LogP contribution in [0.1, 0.15) is 16.1 Å². The summed E-state index contributed by atoms with van der Waals surface area (Å²) in [5, 5.41) is 8.27. The van der Waals surface area contributed by atoms with Crippen molar-refractivity contribution < 1.29 is 13.6 Å². The van der Waals surface area contributed by atoms with Gasteiger partial charge in [0.1, 0.15) is 23.0 Å². The Hall–Kier alpha value is -2.24. The van der Waals surface area contributed by atoms with Crippen LogP contribution in [0.5, 0.6) is 0 Å². The molecule has 1 amide bonds. The highest BCUT2D eigenvalue weighted by Crippen LogP contribution is 2.19. The Bertz CT molecular complexity index is 545. The van der Waals surface area contributed by atoms with E-state index < -0.39 is 23.2 Å². The number of carbonyl (C=O) groups excluding carboxylic acids is 1. The molecule has 0 saturated carbocycles. The van der Waals surface area contributed by atoms with E-state index >= 15 is 0 Å². The molecule has 1 aromatic heterocycles. The molecule has 1 heterocycles. The Morgan fingerprint density at radius 1 is 1.35 bits per heavy atom. The SMILES string of the molecule is Cc1cn[nH]c1C(=O)Nc1c(F)cccc1F. The van der Waals surface area contributed by atoms with E-state index in [0.717, 1.165) is 12.1 Å². The van der Waals surface area contributed by atoms with Crippen molar-refractivity contribution in [1.82, 2.24) is 10.2 Å². The monoisotopic (exact) mass is 237 g/mol. The average Bonchev–Trinajstić information content (AvgIpc) is 2.70. The van der Waals surface area contributed by atoms with E-state index in [0.29, 0.717) is 5.56 Å². The smallest absolute Gasteiger partial charge is 0.274 e. The number of aromatic amines is 1. The fraction of sp³-hybridized carbons (Fsp3) is 0.0909. The summed E-state index contributed by atoms with van der Waals surface area (Å²) in [4.78, 5) is 11.7. The number of aryl methyl sites for hydroxylation is 1. The summed E-state index contributed by atoms with van der Waals surface area (Å²) in [7, 11) is 0. The van der Waals surface area contributed by atoms with Crippen LogP contribution in [0.15, 0.2) is 24.4 Å². The number of carbonyl (C=O) groups is 1. The first-order valence-electron chi connectivity index (χ1n) is 4.85. The fourth-order valence-corrected chi connectivity index (χ4v) is 1.37. The Labute approximate surface area is 95.7 Å². The maximum atomic E-state index is 13.3. The molecule has 0 aliphatic heterocycles. The highest BCUT2D eigenvalue weighted by molar-refractivity contribution is 6.03. The quantitative estimate of drug-likeness (QED) is 0.841. The van der Waals surface area contributed by atoms with Crippen molar-refractivity contribution in [3.63, 3.8) is 0 Å². The third-order valence-electron chi connectivity index (χ3n) is 2.26. The van der Waals surface area contributed by atoms with Gasteiger partial charge in [-0.3, -0.25) is 9.89 Å². The van der Waals surface area contributed by atoms with Crippen LogP contribution in [0.25, 0.3) is 0 Å². The van der Waals surface area contributed by atoms with Crippen LogP contribution in [0.3, 0.4) is 0 Å². The zero-order valence-electron chi connectivity index (χ0n) is 8.92. The van der Waals surface area contributed by atoms with Crippen LogP contribution in [0.2, 0.25) is 0 Å². The molecule has 0 saturated heterocycles. The second-order valence-electron chi connectivity index (χ2n) is 3.48. The largest absolute Gasteiger partial charge is 0.316 e. The summed E-state index contributed by atoms with van der Waals surface area (Å²) in [6.07, 6.45) is 1.45. The third kappa shape index (κ3) is 2.15. The normalized spacial score (nSPS) is 10.3. The molecule has 4 nitrogen and oxygen atoms in total. The van der Waals surface area contributed by atoms with Gasteiger partial charge in [-0.25, -0.2) is 8.78 Å². The van der Waals surface area contributed by atoms with Crippen LogP contribution >= 0.6 is 0 Å². The first kappa shape index (κ1) is 11.3. The molecule has 2 aromatic rings. The number of benzene rings is 1. The lowest BCUT2D eigenvalue weighted by Gasteiger charge is -2.06. The molecule has 0 aliphatic carbocycles. The summed E-state index contributed by atoms with van der Waals surface area (Å²) < 4.78 is 26.5. The number of nitrogens with zero attached hydrogens (tertiary/aromatic N) is 1. The summed E-state index contributed by atoms with van der Waals surface area (Å²) in [6, 6.07) is 3.36. The average molecular weight is 237 g/mol. The van der Waals surface area contributed by atoms with Crippen molar-refractivity contribution in [2.45, 2.75) is 6.92 Å². The van der Waals surface area contributed by atoms with Gasteiger partial charge in [0.05, 0.1) is 6.20 Å². The number of anilines is 1. The summed E-state index contributed by atoms with van der Waals surface area (Å²) in [5.41, 5.74) is 0.304. The minimum atomic E-state index is -0.824. The zero-order valence-corrected chi connectivity index (χ0v) is 8.92. The highest BCUT2D eigenvalue weighted by atomic mass is 19.1. The lowest BCUT2D eigenvalue weighted by atomic mass is 10.2. The first-order valence-corrected chi connectivity index (χ1v) is 4.85. The van der Waals surface area contributed by atoms with Gasteiger partial charge in [-0.15, -0.1) is 0 Å². The van der Waals surface area contributed by atoms with Crippen molar-refractivity contribution in [3.8, 4) is 0 Å². The Balaban J connectivity index is 2.28. The van der Waals surface area contributed by atoms with E-state index in [2.05, 4.69) is 15.5 Å². The Morgan fingerprint density at radius 3 is 2.53 bits per heavy atom. The zero-order chi connectivity index (χ0) is 12.4. The number of nitrogens with one attached hydrogen (secondary N) is 2. The van der Waals surface area contributed by atoms with Crippen LogP contribution < -0.4 is 5.32 Å². The molecule has 2 N–H and O–H groups in total. The minimum Gasteiger partial charge on any atom is -0.316 e. The molecular formula is C11H9F2N3O. The Morgan fingerprint density at radius 2 is 2.00 bits per heavy atom. The van der Waals surface area contributed by atoms with Crippen molar-refractivity contribution in [1.29, 1.82) is 0 Å². The van der Waals surface area contributed by atoms with Gasteiger partial charge in [0.15, 0.2) is 0 Å². The minimum absolute atomic E-state index is 0.174. The molecule has 0 spiro atoms. The molecule has 1 aromatic carbocycles. The first-order chi connectivity index (χ1) is 8.09. The third-order valence-corrected chi connectivity index (χ3v) is 2.26. The maximum absolute atomic E-state index is 13.3. The number of H-pyrrole nitrogens is 1. The van der Waals surface area contributed by atoms with Gasteiger partial charge < -0.3 is 5.32 Å². The fourth-order valence-electron chi connectivity index (χ4n) is 1.37. The number of halogens is 2. The summed E-state index contributed by atoms with van der Waals surface area (Å²) >= 11 is 0. The maximum Gasteiger partial charge on any atom is 0.274 e. The predicted molar refractivity (Wildman–Crippen MR) is 57.6 cm³/mol. The Kier molecular flexibility index (Phi) is 2.86. The van der Waals surface area contributed by atoms with Gasteiger partial charge in [-0.05, 0) is 24.6 Å². The van der Waals surface area contributed by atoms with Crippen LogP contribution in [-0.4, -0.2) is 16.1 Å². The van der Waals surface area contributed by atoms with Crippen molar-refractivity contribution >= 4 is 11.6 Å². The second-order valence-corrected chi connectivity index (χ2v) is 3.48. The standard InChI is InChI=1S/C11H9F2N3O/c1-6-5-14-16-9(6)11(17)15-10-7(12)3-2-4-8(10)13/h2-5H,1H3,(H,14,16)(H,15,17). The number of amides is 1. The lowest BCUT2D eigenvalue weighted by Crippen LogP contribution is -2.15. The number of hydrogen-bond acceptors (Lipinski definition) is 2. The van der Waals surface area contributed by atoms with Gasteiger partial charge in [0.2, 0.25) is 0 Å². The molecular weight excluding hydrogens is 228 g/mol. The molecule has 88 valence electrons. The van der Waals surface area contributed by atoms with Crippen molar-refractivity contribution in [2.75, 3.05) is 5.32 Å². The molecule has 0 unspecified atom stereocenters. The number of aromatic nitrogens is 2. The van der Waals surface area contributed by atoms with E-state index in [1.165, 1.54) is 12.3 Å². The molecule has 17 heavy (non-hydrogen) atoms. The number of hydrogen-bond donors (Lipinski definition) is 2. The van der Waals surface area contributed by atoms with Gasteiger partial charge in [-0.1, -0.05) is 6.07 Å². The summed E-state index contributed by atoms with van der Waals surface area (Å²) in [6.45, 7) is 1.66. The molecule has 0 aliphatic rings. The number of rotatable bonds is 2. The van der Waals surface area contributed by atoms with Crippen LogP contribution in [0.4, 0.5) is 14.5 Å². The molecule has 2 rings (SSSR count). The molecule has 6 heteroatoms. The second kappa shape index (κ2) is 4.32. The van der Waals surface area contributed by atoms with Gasteiger partial charge in [0, 0.05) is 0 Å². The predicted octanol–water partition coefficient (Wildman–Crippen LogP) is 2.25.